The van der Waals surface area contributed by atoms with E-state index in [9.17, 15) is 9.18 Å². The highest BCUT2D eigenvalue weighted by atomic mass is 127. The van der Waals surface area contributed by atoms with Gasteiger partial charge in [-0.2, -0.15) is 0 Å². The summed E-state index contributed by atoms with van der Waals surface area (Å²) < 4.78 is 19.2. The van der Waals surface area contributed by atoms with Crippen LogP contribution in [0.1, 0.15) is 30.2 Å². The van der Waals surface area contributed by atoms with Crippen molar-refractivity contribution < 1.29 is 13.9 Å². The van der Waals surface area contributed by atoms with Gasteiger partial charge in [-0.1, -0.05) is 13.0 Å². The average Bonchev–Trinajstić information content (AvgIpc) is 3.23. The summed E-state index contributed by atoms with van der Waals surface area (Å²) in [4.78, 5) is 20.0. The molecule has 1 aromatic heterocycles. The lowest BCUT2D eigenvalue weighted by Gasteiger charge is -2.27. The smallest absolute Gasteiger partial charge is 0.224 e. The van der Waals surface area contributed by atoms with Gasteiger partial charge < -0.3 is 20.3 Å². The van der Waals surface area contributed by atoms with Gasteiger partial charge in [0.2, 0.25) is 5.91 Å². The molecule has 2 N–H and O–H groups in total. The van der Waals surface area contributed by atoms with Crippen molar-refractivity contribution in [2.75, 3.05) is 26.7 Å². The maximum absolute atomic E-state index is 13.3. The van der Waals surface area contributed by atoms with E-state index in [2.05, 4.69) is 27.1 Å². The number of carbonyl (C=O) groups is 1. The number of nitrogens with one attached hydrogen (secondary N) is 2. The predicted octanol–water partition coefficient (Wildman–Crippen LogP) is 3.80. The first-order valence-corrected chi connectivity index (χ1v) is 11.2. The Labute approximate surface area is 204 Å². The number of hydrogen-bond donors (Lipinski definition) is 2. The van der Waals surface area contributed by atoms with Crippen molar-refractivity contribution in [2.45, 2.75) is 38.8 Å². The number of carbonyl (C=O) groups excluding carboxylic acids is 1. The van der Waals surface area contributed by atoms with E-state index in [4.69, 9.17) is 4.74 Å². The van der Waals surface area contributed by atoms with Crippen LogP contribution < -0.4 is 15.4 Å². The monoisotopic (exact) mass is 560 g/mol. The highest BCUT2D eigenvalue weighted by Gasteiger charge is 2.21. The van der Waals surface area contributed by atoms with Gasteiger partial charge in [-0.05, 0) is 42.0 Å². The Morgan fingerprint density at radius 3 is 2.94 bits per heavy atom. The largest absolute Gasteiger partial charge is 0.489 e. The van der Waals surface area contributed by atoms with Gasteiger partial charge in [0.25, 0.3) is 0 Å². The summed E-state index contributed by atoms with van der Waals surface area (Å²) in [6.45, 7) is 4.54. The zero-order chi connectivity index (χ0) is 21.3. The first-order valence-electron chi connectivity index (χ1n) is 10.3. The van der Waals surface area contributed by atoms with E-state index in [1.165, 1.54) is 22.6 Å². The molecule has 9 heteroatoms. The lowest BCUT2D eigenvalue weighted by molar-refractivity contribution is -0.131. The van der Waals surface area contributed by atoms with E-state index in [-0.39, 0.29) is 41.8 Å². The molecule has 31 heavy (non-hydrogen) atoms. The van der Waals surface area contributed by atoms with Crippen molar-refractivity contribution in [2.24, 2.45) is 4.99 Å². The molecule has 0 spiro atoms. The molecular formula is C22H30FIN4O2S. The highest BCUT2D eigenvalue weighted by molar-refractivity contribution is 14.0. The third kappa shape index (κ3) is 7.64. The number of guanidine groups is 1. The quantitative estimate of drug-likeness (QED) is 0.293. The molecule has 1 unspecified atom stereocenters. The minimum atomic E-state index is -0.318. The zero-order valence-electron chi connectivity index (χ0n) is 17.9. The number of fused-ring (bicyclic) bond motifs is 1. The number of benzene rings is 1. The van der Waals surface area contributed by atoms with Crippen LogP contribution in [0.25, 0.3) is 0 Å². The van der Waals surface area contributed by atoms with E-state index < -0.39 is 0 Å². The van der Waals surface area contributed by atoms with Crippen LogP contribution in [0.4, 0.5) is 4.39 Å². The van der Waals surface area contributed by atoms with Crippen LogP contribution in [0.15, 0.2) is 40.7 Å². The van der Waals surface area contributed by atoms with Crippen LogP contribution in [0.5, 0.6) is 5.75 Å². The van der Waals surface area contributed by atoms with Gasteiger partial charge in [0.05, 0.1) is 6.54 Å². The van der Waals surface area contributed by atoms with Crippen molar-refractivity contribution in [3.63, 3.8) is 0 Å². The Bertz CT molecular complexity index is 877. The van der Waals surface area contributed by atoms with Crippen LogP contribution in [0, 0.1) is 5.82 Å². The van der Waals surface area contributed by atoms with E-state index in [1.807, 2.05) is 11.8 Å². The molecule has 1 aliphatic heterocycles. The number of amides is 1. The third-order valence-electron chi connectivity index (χ3n) is 5.07. The molecule has 170 valence electrons. The lowest BCUT2D eigenvalue weighted by Crippen LogP contribution is -2.44. The Hall–Kier alpha value is -1.88. The molecule has 0 aliphatic carbocycles. The summed E-state index contributed by atoms with van der Waals surface area (Å²) in [6, 6.07) is 8.25. The first kappa shape index (κ1) is 25.4. The highest BCUT2D eigenvalue weighted by Crippen LogP contribution is 2.24. The van der Waals surface area contributed by atoms with Gasteiger partial charge in [-0.15, -0.1) is 35.3 Å². The molecule has 0 saturated heterocycles. The van der Waals surface area contributed by atoms with E-state index in [1.54, 1.807) is 30.5 Å². The van der Waals surface area contributed by atoms with Crippen LogP contribution in [0.2, 0.25) is 0 Å². The van der Waals surface area contributed by atoms with Crippen LogP contribution in [-0.4, -0.2) is 49.6 Å². The fourth-order valence-electron chi connectivity index (χ4n) is 3.34. The standard InChI is InChI=1S/C22H29FN4O2S.HI/c1-3-18(29-19-6-4-5-17(23)13-19)14-26-22(24-2)25-10-7-21(28)27-11-8-20-16(15-27)9-12-30-20;/h4-6,9,12-13,18H,3,7-8,10-11,14-15H2,1-2H3,(H2,24,25,26);1H. The molecule has 0 radical (unpaired) electrons. The lowest BCUT2D eigenvalue weighted by atomic mass is 10.1. The van der Waals surface area contributed by atoms with Gasteiger partial charge in [-0.25, -0.2) is 4.39 Å². The van der Waals surface area contributed by atoms with Crippen molar-refractivity contribution in [3.8, 4) is 5.75 Å². The van der Waals surface area contributed by atoms with Crippen LogP contribution in [-0.2, 0) is 17.8 Å². The van der Waals surface area contributed by atoms with E-state index >= 15 is 0 Å². The molecule has 0 fully saturated rings. The topological polar surface area (TPSA) is 66.0 Å². The average molecular weight is 560 g/mol. The normalized spacial score (nSPS) is 14.3. The summed E-state index contributed by atoms with van der Waals surface area (Å²) in [7, 11) is 1.69. The first-order chi connectivity index (χ1) is 14.6. The van der Waals surface area contributed by atoms with E-state index in [0.717, 1.165) is 19.4 Å². The van der Waals surface area contributed by atoms with Crippen LogP contribution in [0.3, 0.4) is 0 Å². The van der Waals surface area contributed by atoms with Gasteiger partial charge >= 0.3 is 0 Å². The van der Waals surface area contributed by atoms with E-state index in [0.29, 0.717) is 37.8 Å². The number of nitrogens with zero attached hydrogens (tertiary/aromatic N) is 2. The third-order valence-corrected chi connectivity index (χ3v) is 6.09. The molecule has 0 bridgehead atoms. The molecule has 1 atom stereocenters. The summed E-state index contributed by atoms with van der Waals surface area (Å²) >= 11 is 1.77. The number of aliphatic imine (C=N–C) groups is 1. The SMILES string of the molecule is CCC(CNC(=NC)NCCC(=O)N1CCc2sccc2C1)Oc1cccc(F)c1.I. The van der Waals surface area contributed by atoms with Gasteiger partial charge in [-0.3, -0.25) is 9.79 Å². The molecule has 6 nitrogen and oxygen atoms in total. The molecule has 2 aromatic rings. The predicted molar refractivity (Wildman–Crippen MR) is 134 cm³/mol. The number of thiophene rings is 1. The van der Waals surface area contributed by atoms with Crippen molar-refractivity contribution in [1.29, 1.82) is 0 Å². The zero-order valence-corrected chi connectivity index (χ0v) is 21.0. The van der Waals surface area contributed by atoms with Crippen molar-refractivity contribution in [1.82, 2.24) is 15.5 Å². The number of halogens is 2. The molecule has 2 heterocycles. The number of rotatable bonds is 8. The summed E-state index contributed by atoms with van der Waals surface area (Å²) in [5, 5.41) is 8.49. The molecule has 1 aromatic carbocycles. The Kier molecular flexibility index (Phi) is 10.5. The number of hydrogen-bond acceptors (Lipinski definition) is 4. The molecular weight excluding hydrogens is 530 g/mol. The summed E-state index contributed by atoms with van der Waals surface area (Å²) in [5.74, 6) is 0.951. The second-order valence-electron chi connectivity index (χ2n) is 7.17. The second kappa shape index (κ2) is 12.8. The molecule has 1 aliphatic rings. The summed E-state index contributed by atoms with van der Waals surface area (Å²) in [5.41, 5.74) is 1.27. The van der Waals surface area contributed by atoms with Gasteiger partial charge in [0.1, 0.15) is 17.7 Å². The number of ether oxygens (including phenoxy) is 1. The maximum Gasteiger partial charge on any atom is 0.224 e. The maximum atomic E-state index is 13.3. The van der Waals surface area contributed by atoms with Crippen molar-refractivity contribution >= 4 is 47.2 Å². The fourth-order valence-corrected chi connectivity index (χ4v) is 4.23. The molecule has 0 saturated carbocycles. The minimum Gasteiger partial charge on any atom is -0.489 e. The Balaban J connectivity index is 0.00000341. The Morgan fingerprint density at radius 1 is 1.35 bits per heavy atom. The minimum absolute atomic E-state index is 0. The van der Waals surface area contributed by atoms with Crippen molar-refractivity contribution in [3.05, 3.63) is 52.0 Å². The van der Waals surface area contributed by atoms with Gasteiger partial charge in [0.15, 0.2) is 5.96 Å². The Morgan fingerprint density at radius 2 is 2.19 bits per heavy atom. The summed E-state index contributed by atoms with van der Waals surface area (Å²) in [6.07, 6.45) is 1.99. The van der Waals surface area contributed by atoms with Gasteiger partial charge in [0, 0.05) is 44.0 Å². The second-order valence-corrected chi connectivity index (χ2v) is 8.17. The van der Waals surface area contributed by atoms with Crippen LogP contribution >= 0.6 is 35.3 Å². The fraction of sp³-hybridized carbons (Fsp3) is 0.455. The molecule has 1 amide bonds. The molecule has 3 rings (SSSR count).